The van der Waals surface area contributed by atoms with Crippen molar-refractivity contribution in [2.75, 3.05) is 13.1 Å². The molecule has 3 rings (SSSR count). The topological polar surface area (TPSA) is 63.1 Å². The van der Waals surface area contributed by atoms with Crippen LogP contribution >= 0.6 is 24.0 Å². The van der Waals surface area contributed by atoms with Crippen molar-refractivity contribution in [3.63, 3.8) is 0 Å². The Bertz CT molecular complexity index is 658. The number of hydrogen-bond acceptors (Lipinski definition) is 4. The molecule has 25 heavy (non-hydrogen) atoms. The lowest BCUT2D eigenvalue weighted by atomic mass is 10.0. The van der Waals surface area contributed by atoms with Crippen molar-refractivity contribution in [3.8, 4) is 0 Å². The van der Waals surface area contributed by atoms with E-state index in [-0.39, 0.29) is 24.4 Å². The molecule has 1 N–H and O–H groups in total. The Kier molecular flexibility index (Phi) is 7.68. The normalized spacial score (nSPS) is 14.8. The third-order valence-corrected chi connectivity index (χ3v) is 4.48. The molecule has 8 heteroatoms. The quantitative estimate of drug-likeness (QED) is 0.832. The van der Waals surface area contributed by atoms with Crippen LogP contribution in [0.2, 0.25) is 5.02 Å². The predicted molar refractivity (Wildman–Crippen MR) is 99.8 cm³/mol. The van der Waals surface area contributed by atoms with Crippen molar-refractivity contribution in [2.45, 2.75) is 38.4 Å². The minimum absolute atomic E-state index is 0. The summed E-state index contributed by atoms with van der Waals surface area (Å²) >= 11 is 5.87. The van der Waals surface area contributed by atoms with E-state index < -0.39 is 0 Å². The number of rotatable bonds is 6. The summed E-state index contributed by atoms with van der Waals surface area (Å²) in [5.41, 5.74) is 0.923. The third-order valence-electron chi connectivity index (χ3n) is 4.28. The second-order valence-corrected chi connectivity index (χ2v) is 6.43. The lowest BCUT2D eigenvalue weighted by Crippen LogP contribution is -2.46. The molecule has 6 nitrogen and oxygen atoms in total. The van der Waals surface area contributed by atoms with Crippen molar-refractivity contribution in [1.82, 2.24) is 25.0 Å². The van der Waals surface area contributed by atoms with E-state index >= 15 is 0 Å². The van der Waals surface area contributed by atoms with E-state index in [9.17, 15) is 4.79 Å². The fourth-order valence-electron chi connectivity index (χ4n) is 3.02. The zero-order valence-corrected chi connectivity index (χ0v) is 15.5. The van der Waals surface area contributed by atoms with Gasteiger partial charge in [-0.05, 0) is 38.1 Å². The molecule has 0 aromatic carbocycles. The van der Waals surface area contributed by atoms with Gasteiger partial charge in [0.2, 0.25) is 5.91 Å². The highest BCUT2D eigenvalue weighted by Gasteiger charge is 2.25. The van der Waals surface area contributed by atoms with Crippen LogP contribution in [-0.2, 0) is 17.9 Å². The lowest BCUT2D eigenvalue weighted by Gasteiger charge is -2.34. The zero-order valence-electron chi connectivity index (χ0n) is 14.0. The zero-order chi connectivity index (χ0) is 16.8. The second kappa shape index (κ2) is 9.75. The van der Waals surface area contributed by atoms with Crippen LogP contribution in [0, 0.1) is 0 Å². The summed E-state index contributed by atoms with van der Waals surface area (Å²) in [6, 6.07) is 6.08. The summed E-state index contributed by atoms with van der Waals surface area (Å²) in [4.78, 5) is 19.2. The molecule has 0 radical (unpaired) electrons. The molecule has 1 saturated heterocycles. The maximum Gasteiger partial charge on any atom is 0.225 e. The number of nitrogens with zero attached hydrogens (tertiary/aromatic N) is 4. The molecular formula is C17H23Cl2N5O. The molecule has 0 aliphatic carbocycles. The van der Waals surface area contributed by atoms with E-state index in [1.807, 2.05) is 23.1 Å². The molecule has 0 unspecified atom stereocenters. The molecule has 3 heterocycles. The number of aromatic nitrogens is 3. The molecule has 1 aliphatic rings. The van der Waals surface area contributed by atoms with E-state index in [2.05, 4.69) is 15.4 Å². The highest BCUT2D eigenvalue weighted by molar-refractivity contribution is 6.30. The van der Waals surface area contributed by atoms with Crippen molar-refractivity contribution < 1.29 is 4.79 Å². The second-order valence-electron chi connectivity index (χ2n) is 6.00. The molecule has 0 spiro atoms. The first-order valence-electron chi connectivity index (χ1n) is 8.30. The molecular weight excluding hydrogens is 361 g/mol. The summed E-state index contributed by atoms with van der Waals surface area (Å²) in [5, 5.41) is 8.07. The van der Waals surface area contributed by atoms with Gasteiger partial charge < -0.3 is 10.2 Å². The van der Waals surface area contributed by atoms with Crippen LogP contribution in [0.3, 0.4) is 0 Å². The standard InChI is InChI=1S/C17H22ClN5O.ClH/c18-14-11-21-22(12-14)10-6-17(24)23(16-4-8-19-9-5-16)13-15-3-1-2-7-20-15;/h1-3,7,11-12,16,19H,4-6,8-10,13H2;1H. The number of halogens is 2. The number of piperidine rings is 1. The lowest BCUT2D eigenvalue weighted by molar-refractivity contribution is -0.135. The predicted octanol–water partition coefficient (Wildman–Crippen LogP) is 2.52. The molecule has 0 atom stereocenters. The van der Waals surface area contributed by atoms with Gasteiger partial charge in [0, 0.05) is 31.4 Å². The van der Waals surface area contributed by atoms with Crippen LogP contribution in [-0.4, -0.2) is 44.7 Å². The summed E-state index contributed by atoms with van der Waals surface area (Å²) in [5.74, 6) is 0.138. The van der Waals surface area contributed by atoms with Crippen LogP contribution in [0.4, 0.5) is 0 Å². The number of nitrogens with one attached hydrogen (secondary N) is 1. The van der Waals surface area contributed by atoms with Crippen LogP contribution in [0.1, 0.15) is 25.0 Å². The Balaban J connectivity index is 0.00000225. The van der Waals surface area contributed by atoms with Gasteiger partial charge in [-0.1, -0.05) is 17.7 Å². The summed E-state index contributed by atoms with van der Waals surface area (Å²) < 4.78 is 1.71. The van der Waals surface area contributed by atoms with Crippen molar-refractivity contribution >= 4 is 29.9 Å². The monoisotopic (exact) mass is 383 g/mol. The summed E-state index contributed by atoms with van der Waals surface area (Å²) in [6.07, 6.45) is 7.46. The third kappa shape index (κ3) is 5.70. The Hall–Kier alpha value is -1.63. The van der Waals surface area contributed by atoms with Gasteiger partial charge in [0.25, 0.3) is 0 Å². The number of pyridine rings is 1. The number of carbonyl (C=O) groups is 1. The Morgan fingerprint density at radius 2 is 2.16 bits per heavy atom. The van der Waals surface area contributed by atoms with Gasteiger partial charge in [-0.3, -0.25) is 14.5 Å². The smallest absolute Gasteiger partial charge is 0.225 e. The van der Waals surface area contributed by atoms with Gasteiger partial charge >= 0.3 is 0 Å². The van der Waals surface area contributed by atoms with E-state index in [0.29, 0.717) is 24.5 Å². The molecule has 2 aromatic heterocycles. The fraction of sp³-hybridized carbons (Fsp3) is 0.471. The first-order valence-corrected chi connectivity index (χ1v) is 8.68. The molecule has 1 aliphatic heterocycles. The molecule has 1 fully saturated rings. The van der Waals surface area contributed by atoms with Crippen LogP contribution < -0.4 is 5.32 Å². The van der Waals surface area contributed by atoms with Crippen LogP contribution in [0.15, 0.2) is 36.8 Å². The van der Waals surface area contributed by atoms with Gasteiger partial charge in [0.1, 0.15) is 0 Å². The van der Waals surface area contributed by atoms with E-state index in [1.165, 1.54) is 0 Å². The number of hydrogen-bond donors (Lipinski definition) is 1. The van der Waals surface area contributed by atoms with Crippen LogP contribution in [0.5, 0.6) is 0 Å². The van der Waals surface area contributed by atoms with Gasteiger partial charge in [-0.15, -0.1) is 12.4 Å². The van der Waals surface area contributed by atoms with E-state index in [0.717, 1.165) is 31.6 Å². The van der Waals surface area contributed by atoms with Gasteiger partial charge in [0.05, 0.1) is 23.5 Å². The fourth-order valence-corrected chi connectivity index (χ4v) is 3.18. The SMILES string of the molecule is Cl.O=C(CCn1cc(Cl)cn1)N(Cc1ccccn1)C1CCNCC1. The average Bonchev–Trinajstić information content (AvgIpc) is 3.04. The molecule has 136 valence electrons. The molecule has 0 bridgehead atoms. The Labute approximate surface area is 159 Å². The van der Waals surface area contributed by atoms with E-state index in [4.69, 9.17) is 11.6 Å². The van der Waals surface area contributed by atoms with Gasteiger partial charge in [0.15, 0.2) is 0 Å². The maximum atomic E-state index is 12.8. The minimum Gasteiger partial charge on any atom is -0.334 e. The molecule has 1 amide bonds. The number of carbonyl (C=O) groups excluding carboxylic acids is 1. The average molecular weight is 384 g/mol. The highest BCUT2D eigenvalue weighted by Crippen LogP contribution is 2.17. The van der Waals surface area contributed by atoms with Gasteiger partial charge in [-0.2, -0.15) is 5.10 Å². The van der Waals surface area contributed by atoms with Crippen molar-refractivity contribution in [3.05, 3.63) is 47.5 Å². The van der Waals surface area contributed by atoms with Crippen molar-refractivity contribution in [2.24, 2.45) is 0 Å². The van der Waals surface area contributed by atoms with Crippen LogP contribution in [0.25, 0.3) is 0 Å². The Morgan fingerprint density at radius 1 is 1.36 bits per heavy atom. The molecule has 2 aromatic rings. The number of aryl methyl sites for hydroxylation is 1. The highest BCUT2D eigenvalue weighted by atomic mass is 35.5. The summed E-state index contributed by atoms with van der Waals surface area (Å²) in [6.45, 7) is 3.00. The van der Waals surface area contributed by atoms with E-state index in [1.54, 1.807) is 23.3 Å². The maximum absolute atomic E-state index is 12.8. The number of amides is 1. The minimum atomic E-state index is 0. The largest absolute Gasteiger partial charge is 0.334 e. The Morgan fingerprint density at radius 3 is 2.80 bits per heavy atom. The first-order chi connectivity index (χ1) is 11.7. The first kappa shape index (κ1) is 19.7. The van der Waals surface area contributed by atoms with Gasteiger partial charge in [-0.25, -0.2) is 0 Å². The summed E-state index contributed by atoms with van der Waals surface area (Å²) in [7, 11) is 0. The molecule has 0 saturated carbocycles. The van der Waals surface area contributed by atoms with Crippen molar-refractivity contribution in [1.29, 1.82) is 0 Å².